The molecule has 1 unspecified atom stereocenters. The molecule has 0 radical (unpaired) electrons. The first-order valence-electron chi connectivity index (χ1n) is 7.74. The zero-order valence-corrected chi connectivity index (χ0v) is 15.1. The molecule has 0 aliphatic rings. The second-order valence-corrected chi connectivity index (χ2v) is 8.32. The Morgan fingerprint density at radius 2 is 1.85 bits per heavy atom. The van der Waals surface area contributed by atoms with E-state index in [1.165, 1.54) is 4.88 Å². The summed E-state index contributed by atoms with van der Waals surface area (Å²) in [5.74, 6) is 0.646. The maximum Gasteiger partial charge on any atom is 0.0334 e. The van der Waals surface area contributed by atoms with E-state index in [0.717, 1.165) is 13.1 Å². The molecular formula is C17H32N2S. The Bertz CT molecular complexity index is 363. The Kier molecular flexibility index (Phi) is 6.70. The molecule has 0 amide bonds. The highest BCUT2D eigenvalue weighted by Crippen LogP contribution is 2.20. The summed E-state index contributed by atoms with van der Waals surface area (Å²) in [6, 6.07) is 5.52. The summed E-state index contributed by atoms with van der Waals surface area (Å²) in [7, 11) is 0. The first-order chi connectivity index (χ1) is 9.20. The normalized spacial score (nSPS) is 14.5. The quantitative estimate of drug-likeness (QED) is 0.803. The van der Waals surface area contributed by atoms with Crippen molar-refractivity contribution in [3.8, 4) is 0 Å². The lowest BCUT2D eigenvalue weighted by atomic mass is 9.99. The van der Waals surface area contributed by atoms with Crippen LogP contribution in [0.4, 0.5) is 0 Å². The average Bonchev–Trinajstić information content (AvgIpc) is 2.78. The number of nitrogens with zero attached hydrogens (tertiary/aromatic N) is 1. The van der Waals surface area contributed by atoms with E-state index in [0.29, 0.717) is 18.0 Å². The van der Waals surface area contributed by atoms with Crippen LogP contribution in [0.25, 0.3) is 0 Å². The van der Waals surface area contributed by atoms with Gasteiger partial charge in [0.05, 0.1) is 0 Å². The van der Waals surface area contributed by atoms with Crippen molar-refractivity contribution < 1.29 is 0 Å². The van der Waals surface area contributed by atoms with E-state index in [4.69, 9.17) is 0 Å². The zero-order chi connectivity index (χ0) is 15.3. The third-order valence-electron chi connectivity index (χ3n) is 3.62. The van der Waals surface area contributed by atoms with Gasteiger partial charge in [-0.3, -0.25) is 4.90 Å². The lowest BCUT2D eigenvalue weighted by molar-refractivity contribution is 0.103. The van der Waals surface area contributed by atoms with Gasteiger partial charge in [-0.1, -0.05) is 19.9 Å². The van der Waals surface area contributed by atoms with Crippen molar-refractivity contribution in [1.82, 2.24) is 10.2 Å². The molecule has 1 aromatic rings. The molecule has 1 atom stereocenters. The molecule has 0 saturated heterocycles. The number of hydrogen-bond donors (Lipinski definition) is 1. The molecule has 0 spiro atoms. The molecule has 0 aromatic carbocycles. The highest BCUT2D eigenvalue weighted by molar-refractivity contribution is 7.09. The highest BCUT2D eigenvalue weighted by Gasteiger charge is 2.25. The van der Waals surface area contributed by atoms with Gasteiger partial charge in [-0.2, -0.15) is 0 Å². The molecule has 116 valence electrons. The number of thiophene rings is 1. The molecule has 2 nitrogen and oxygen atoms in total. The molecule has 1 heterocycles. The van der Waals surface area contributed by atoms with E-state index >= 15 is 0 Å². The molecule has 3 heteroatoms. The molecule has 0 aliphatic carbocycles. The maximum absolute atomic E-state index is 3.68. The van der Waals surface area contributed by atoms with Gasteiger partial charge in [-0.15, -0.1) is 11.3 Å². The molecule has 20 heavy (non-hydrogen) atoms. The van der Waals surface area contributed by atoms with Crippen LogP contribution >= 0.6 is 11.3 Å². The van der Waals surface area contributed by atoms with Gasteiger partial charge >= 0.3 is 0 Å². The van der Waals surface area contributed by atoms with Gasteiger partial charge in [0.15, 0.2) is 0 Å². The molecule has 0 saturated carbocycles. The summed E-state index contributed by atoms with van der Waals surface area (Å²) in [6.45, 7) is 18.1. The largest absolute Gasteiger partial charge is 0.311 e. The monoisotopic (exact) mass is 296 g/mol. The Balaban J connectivity index is 2.77. The summed E-state index contributed by atoms with van der Waals surface area (Å²) in [4.78, 5) is 4.09. The van der Waals surface area contributed by atoms with E-state index in [1.807, 2.05) is 11.3 Å². The van der Waals surface area contributed by atoms with Crippen LogP contribution in [0.2, 0.25) is 0 Å². The fourth-order valence-corrected chi connectivity index (χ4v) is 3.12. The van der Waals surface area contributed by atoms with Crippen molar-refractivity contribution in [2.75, 3.05) is 6.54 Å². The van der Waals surface area contributed by atoms with Gasteiger partial charge in [0.25, 0.3) is 0 Å². The van der Waals surface area contributed by atoms with Gasteiger partial charge in [0.1, 0.15) is 0 Å². The number of rotatable bonds is 7. The van der Waals surface area contributed by atoms with Gasteiger partial charge in [-0.25, -0.2) is 0 Å². The fraction of sp³-hybridized carbons (Fsp3) is 0.765. The van der Waals surface area contributed by atoms with Crippen molar-refractivity contribution in [3.63, 3.8) is 0 Å². The summed E-state index contributed by atoms with van der Waals surface area (Å²) >= 11 is 1.86. The summed E-state index contributed by atoms with van der Waals surface area (Å²) in [5.41, 5.74) is 0.179. The third kappa shape index (κ3) is 5.94. The number of hydrogen-bond acceptors (Lipinski definition) is 3. The number of nitrogens with one attached hydrogen (secondary N) is 1. The van der Waals surface area contributed by atoms with E-state index < -0.39 is 0 Å². The van der Waals surface area contributed by atoms with Crippen LogP contribution in [0.15, 0.2) is 17.5 Å². The topological polar surface area (TPSA) is 15.3 Å². The van der Waals surface area contributed by atoms with Crippen molar-refractivity contribution in [1.29, 1.82) is 0 Å². The average molecular weight is 297 g/mol. The van der Waals surface area contributed by atoms with Crippen LogP contribution in [0.1, 0.15) is 53.3 Å². The van der Waals surface area contributed by atoms with Gasteiger partial charge in [0.2, 0.25) is 0 Å². The zero-order valence-electron chi connectivity index (χ0n) is 14.2. The second kappa shape index (κ2) is 7.58. The van der Waals surface area contributed by atoms with E-state index in [2.05, 4.69) is 76.2 Å². The Labute approximate surface area is 129 Å². The highest BCUT2D eigenvalue weighted by atomic mass is 32.1. The minimum Gasteiger partial charge on any atom is -0.311 e. The lowest BCUT2D eigenvalue weighted by Crippen LogP contribution is -2.51. The van der Waals surface area contributed by atoms with Crippen LogP contribution in [-0.4, -0.2) is 29.1 Å². The maximum atomic E-state index is 3.68. The second-order valence-electron chi connectivity index (χ2n) is 7.29. The van der Waals surface area contributed by atoms with E-state index in [1.54, 1.807) is 0 Å². The Morgan fingerprint density at radius 1 is 1.20 bits per heavy atom. The van der Waals surface area contributed by atoms with Crippen LogP contribution in [0, 0.1) is 5.92 Å². The van der Waals surface area contributed by atoms with Crippen molar-refractivity contribution in [2.24, 2.45) is 5.92 Å². The first-order valence-corrected chi connectivity index (χ1v) is 8.62. The predicted octanol–water partition coefficient (Wildman–Crippen LogP) is 4.37. The predicted molar refractivity (Wildman–Crippen MR) is 91.4 cm³/mol. The van der Waals surface area contributed by atoms with Crippen molar-refractivity contribution in [3.05, 3.63) is 22.4 Å². The van der Waals surface area contributed by atoms with Crippen LogP contribution in [0.5, 0.6) is 0 Å². The molecule has 1 aromatic heterocycles. The van der Waals surface area contributed by atoms with Gasteiger partial charge in [0, 0.05) is 35.6 Å². The van der Waals surface area contributed by atoms with Crippen molar-refractivity contribution in [2.45, 2.75) is 72.6 Å². The lowest BCUT2D eigenvalue weighted by Gasteiger charge is -2.39. The van der Waals surface area contributed by atoms with Crippen molar-refractivity contribution >= 4 is 11.3 Å². The smallest absolute Gasteiger partial charge is 0.0334 e. The SMILES string of the molecule is CC(C)C(CNC(C)(C)C)N(Cc1cccs1)C(C)C. The standard InChI is InChI=1S/C17H32N2S/c1-13(2)16(11-18-17(5,6)7)19(14(3)4)12-15-9-8-10-20-15/h8-10,13-14,16,18H,11-12H2,1-7H3. The van der Waals surface area contributed by atoms with Crippen LogP contribution < -0.4 is 5.32 Å². The Hall–Kier alpha value is -0.380. The van der Waals surface area contributed by atoms with Crippen LogP contribution in [0.3, 0.4) is 0 Å². The molecule has 0 fully saturated rings. The fourth-order valence-electron chi connectivity index (χ4n) is 2.41. The summed E-state index contributed by atoms with van der Waals surface area (Å²) in [6.07, 6.45) is 0. The molecule has 1 N–H and O–H groups in total. The molecule has 0 bridgehead atoms. The third-order valence-corrected chi connectivity index (χ3v) is 4.48. The van der Waals surface area contributed by atoms with Crippen LogP contribution in [-0.2, 0) is 6.54 Å². The van der Waals surface area contributed by atoms with Gasteiger partial charge in [-0.05, 0) is 52.0 Å². The summed E-state index contributed by atoms with van der Waals surface area (Å²) in [5, 5.41) is 5.85. The first kappa shape index (κ1) is 17.7. The van der Waals surface area contributed by atoms with E-state index in [-0.39, 0.29) is 5.54 Å². The minimum atomic E-state index is 0.179. The molecule has 0 aliphatic heterocycles. The van der Waals surface area contributed by atoms with Gasteiger partial charge < -0.3 is 5.32 Å². The van der Waals surface area contributed by atoms with E-state index in [9.17, 15) is 0 Å². The Morgan fingerprint density at radius 3 is 2.25 bits per heavy atom. The molecular weight excluding hydrogens is 264 g/mol. The minimum absolute atomic E-state index is 0.179. The summed E-state index contributed by atoms with van der Waals surface area (Å²) < 4.78 is 0. The molecule has 1 rings (SSSR count).